The van der Waals surface area contributed by atoms with Crippen LogP contribution in [-0.4, -0.2) is 62.8 Å². The van der Waals surface area contributed by atoms with Gasteiger partial charge in [-0.25, -0.2) is 9.97 Å². The standard InChI is InChI=1S/C48H38N2O6/c1-2-8-38-10-4-6-12-46(38)56-34-30-52-28-32-54-42-23-17-36(18-24-42)44-26-20-40-14-13-39-19-25-43(49-47(39)48(40)50-44)35-15-21-41(22-16-35)53-31-27-51-29-33-55-45-11-5-3-9-37(45)7-1/h3-6,9-26H,27-34H2. The van der Waals surface area contributed by atoms with Crippen LogP contribution in [0.2, 0.25) is 0 Å². The second-order valence-corrected chi connectivity index (χ2v) is 12.8. The zero-order valence-corrected chi connectivity index (χ0v) is 30.7. The highest BCUT2D eigenvalue weighted by atomic mass is 16.5. The minimum absolute atomic E-state index is 0.373. The van der Waals surface area contributed by atoms with Gasteiger partial charge >= 0.3 is 0 Å². The van der Waals surface area contributed by atoms with Gasteiger partial charge in [-0.1, -0.05) is 48.5 Å². The van der Waals surface area contributed by atoms with E-state index >= 15 is 0 Å². The molecule has 276 valence electrons. The summed E-state index contributed by atoms with van der Waals surface area (Å²) in [5.74, 6) is 15.0. The first-order valence-electron chi connectivity index (χ1n) is 18.5. The van der Waals surface area contributed by atoms with Crippen molar-refractivity contribution in [2.45, 2.75) is 0 Å². The number of fused-ring (bicyclic) bond motifs is 2. The zero-order valence-electron chi connectivity index (χ0n) is 30.7. The lowest BCUT2D eigenvalue weighted by atomic mass is 10.1. The molecule has 10 rings (SSSR count). The van der Waals surface area contributed by atoms with Gasteiger partial charge in [0.1, 0.15) is 49.4 Å². The molecule has 0 spiro atoms. The molecule has 3 aliphatic rings. The third-order valence-corrected chi connectivity index (χ3v) is 9.01. The molecule has 5 aromatic carbocycles. The summed E-state index contributed by atoms with van der Waals surface area (Å²) in [5, 5.41) is 2.06. The van der Waals surface area contributed by atoms with Crippen LogP contribution in [0.3, 0.4) is 0 Å². The average Bonchev–Trinajstić information content (AvgIpc) is 3.25. The Labute approximate surface area is 326 Å². The predicted octanol–water partition coefficient (Wildman–Crippen LogP) is 8.78. The summed E-state index contributed by atoms with van der Waals surface area (Å²) in [5.41, 5.74) is 6.90. The molecule has 2 aromatic heterocycles. The van der Waals surface area contributed by atoms with Gasteiger partial charge in [0, 0.05) is 21.9 Å². The van der Waals surface area contributed by atoms with Crippen molar-refractivity contribution in [1.29, 1.82) is 0 Å². The summed E-state index contributed by atoms with van der Waals surface area (Å²) < 4.78 is 35.4. The van der Waals surface area contributed by atoms with Crippen LogP contribution in [0.1, 0.15) is 11.1 Å². The fourth-order valence-corrected chi connectivity index (χ4v) is 6.18. The SMILES string of the molecule is C1#Cc2ccccc2OCCOCCOc2ccc(cc2)-c2ccc3ccc4ccc(nc4c3n2)-c2ccc(cc2)OCCOCCOc2ccccc2C#C1. The van der Waals surface area contributed by atoms with E-state index in [0.29, 0.717) is 64.4 Å². The first kappa shape index (κ1) is 36.2. The van der Waals surface area contributed by atoms with Gasteiger partial charge in [-0.05, 0) is 109 Å². The highest BCUT2D eigenvalue weighted by Gasteiger charge is 2.10. The van der Waals surface area contributed by atoms with Crippen LogP contribution in [-0.2, 0) is 9.47 Å². The molecule has 56 heavy (non-hydrogen) atoms. The van der Waals surface area contributed by atoms with E-state index < -0.39 is 0 Å². The molecule has 7 aromatic rings. The minimum Gasteiger partial charge on any atom is -0.491 e. The number of ether oxygens (including phenoxy) is 6. The molecule has 0 amide bonds. The lowest BCUT2D eigenvalue weighted by Gasteiger charge is -2.11. The maximum Gasteiger partial charge on any atom is 0.135 e. The van der Waals surface area contributed by atoms with E-state index in [4.69, 9.17) is 38.4 Å². The van der Waals surface area contributed by atoms with E-state index in [0.717, 1.165) is 66.9 Å². The van der Waals surface area contributed by atoms with Gasteiger partial charge in [0.2, 0.25) is 0 Å². The number of hydrogen-bond acceptors (Lipinski definition) is 8. The van der Waals surface area contributed by atoms with Crippen LogP contribution in [0, 0.1) is 23.7 Å². The Morgan fingerprint density at radius 1 is 0.375 bits per heavy atom. The topological polar surface area (TPSA) is 81.2 Å². The highest BCUT2D eigenvalue weighted by Crippen LogP contribution is 2.30. The van der Waals surface area contributed by atoms with Gasteiger partial charge in [0.05, 0.1) is 60.0 Å². The molecule has 0 unspecified atom stereocenters. The minimum atomic E-state index is 0.373. The Morgan fingerprint density at radius 2 is 0.768 bits per heavy atom. The molecule has 5 heterocycles. The van der Waals surface area contributed by atoms with Crippen LogP contribution in [0.15, 0.2) is 133 Å². The molecule has 0 N–H and O–H groups in total. The van der Waals surface area contributed by atoms with Crippen molar-refractivity contribution in [3.63, 3.8) is 0 Å². The molecule has 3 aliphatic heterocycles. The smallest absolute Gasteiger partial charge is 0.135 e. The number of para-hydroxylation sites is 2. The van der Waals surface area contributed by atoms with Crippen LogP contribution >= 0.6 is 0 Å². The Hall–Kier alpha value is -6.84. The molecule has 0 fully saturated rings. The lowest BCUT2D eigenvalue weighted by molar-refractivity contribution is 0.0764. The van der Waals surface area contributed by atoms with Gasteiger partial charge in [-0.3, -0.25) is 0 Å². The summed E-state index contributed by atoms with van der Waals surface area (Å²) in [6.45, 7) is 3.22. The number of pyridine rings is 2. The molecule has 0 atom stereocenters. The second-order valence-electron chi connectivity index (χ2n) is 12.8. The van der Waals surface area contributed by atoms with Crippen LogP contribution in [0.4, 0.5) is 0 Å². The maximum atomic E-state index is 5.98. The van der Waals surface area contributed by atoms with Crippen LogP contribution in [0.25, 0.3) is 44.3 Å². The number of nitrogens with zero attached hydrogens (tertiary/aromatic N) is 2. The summed E-state index contributed by atoms with van der Waals surface area (Å²) in [6.07, 6.45) is 0. The largest absolute Gasteiger partial charge is 0.491 e. The molecule has 8 heteroatoms. The van der Waals surface area contributed by atoms with E-state index in [2.05, 4.69) is 47.9 Å². The van der Waals surface area contributed by atoms with Crippen molar-refractivity contribution in [3.05, 3.63) is 145 Å². The van der Waals surface area contributed by atoms with Gasteiger partial charge in [0.15, 0.2) is 0 Å². The summed E-state index contributed by atoms with van der Waals surface area (Å²) in [6, 6.07) is 43.6. The van der Waals surface area contributed by atoms with E-state index in [1.165, 1.54) is 0 Å². The van der Waals surface area contributed by atoms with E-state index in [1.807, 2.05) is 109 Å². The molecule has 8 bridgehead atoms. The van der Waals surface area contributed by atoms with Gasteiger partial charge in [-0.2, -0.15) is 0 Å². The van der Waals surface area contributed by atoms with E-state index in [1.54, 1.807) is 0 Å². The maximum absolute atomic E-state index is 5.98. The van der Waals surface area contributed by atoms with Crippen molar-refractivity contribution >= 4 is 21.8 Å². The fraction of sp³-hybridized carbons (Fsp3) is 0.167. The number of rotatable bonds is 0. The van der Waals surface area contributed by atoms with Crippen LogP contribution in [0.5, 0.6) is 23.0 Å². The molecular weight excluding hydrogens is 701 g/mol. The normalized spacial score (nSPS) is 13.9. The molecule has 0 saturated carbocycles. The quantitative estimate of drug-likeness (QED) is 0.113. The average molecular weight is 739 g/mol. The Morgan fingerprint density at radius 3 is 1.21 bits per heavy atom. The molecular formula is C48H38N2O6. The van der Waals surface area contributed by atoms with Crippen LogP contribution < -0.4 is 18.9 Å². The first-order valence-corrected chi connectivity index (χ1v) is 18.5. The van der Waals surface area contributed by atoms with Crippen molar-refractivity contribution in [1.82, 2.24) is 9.97 Å². The van der Waals surface area contributed by atoms with Gasteiger partial charge < -0.3 is 28.4 Å². The third-order valence-electron chi connectivity index (χ3n) is 9.01. The molecule has 8 nitrogen and oxygen atoms in total. The van der Waals surface area contributed by atoms with Crippen molar-refractivity contribution in [2.75, 3.05) is 52.9 Å². The highest BCUT2D eigenvalue weighted by molar-refractivity contribution is 6.04. The van der Waals surface area contributed by atoms with E-state index in [9.17, 15) is 0 Å². The summed E-state index contributed by atoms with van der Waals surface area (Å²) >= 11 is 0. The van der Waals surface area contributed by atoms with Gasteiger partial charge in [0.25, 0.3) is 0 Å². The molecule has 0 radical (unpaired) electrons. The van der Waals surface area contributed by atoms with Crippen molar-refractivity contribution in [2.24, 2.45) is 0 Å². The Balaban J connectivity index is 0.991. The lowest BCUT2D eigenvalue weighted by Crippen LogP contribution is -2.12. The van der Waals surface area contributed by atoms with Crippen molar-refractivity contribution < 1.29 is 28.4 Å². The Kier molecular flexibility index (Phi) is 11.6. The zero-order chi connectivity index (χ0) is 37.8. The van der Waals surface area contributed by atoms with Gasteiger partial charge in [-0.15, -0.1) is 0 Å². The molecule has 0 saturated heterocycles. The third kappa shape index (κ3) is 9.09. The summed E-state index contributed by atoms with van der Waals surface area (Å²) in [4.78, 5) is 10.2. The summed E-state index contributed by atoms with van der Waals surface area (Å²) in [7, 11) is 0. The Bertz CT molecular complexity index is 2390. The number of benzene rings is 5. The second kappa shape index (κ2) is 18.0. The monoisotopic (exact) mass is 738 g/mol. The number of hydrogen-bond donors (Lipinski definition) is 0. The number of aromatic nitrogens is 2. The van der Waals surface area contributed by atoms with E-state index in [-0.39, 0.29) is 0 Å². The van der Waals surface area contributed by atoms with Crippen molar-refractivity contribution in [3.8, 4) is 69.2 Å². The molecule has 0 aliphatic carbocycles. The fourth-order valence-electron chi connectivity index (χ4n) is 6.18. The predicted molar refractivity (Wildman–Crippen MR) is 218 cm³/mol. The first-order chi connectivity index (χ1) is 27.8.